The van der Waals surface area contributed by atoms with E-state index < -0.39 is 0 Å². The van der Waals surface area contributed by atoms with Crippen LogP contribution in [-0.4, -0.2) is 33.0 Å². The average Bonchev–Trinajstić information content (AvgIpc) is 3.64. The zero-order valence-electron chi connectivity index (χ0n) is 18.6. The largest absolute Gasteiger partial charge is 0.341 e. The molecule has 2 aromatic heterocycles. The fourth-order valence-electron chi connectivity index (χ4n) is 4.56. The molecule has 0 bridgehead atoms. The number of hydrogen-bond donors (Lipinski definition) is 4. The normalized spacial score (nSPS) is 20.1. The molecule has 6 nitrogen and oxygen atoms in total. The minimum absolute atomic E-state index is 0.168. The predicted octanol–water partition coefficient (Wildman–Crippen LogP) is 4.37. The summed E-state index contributed by atoms with van der Waals surface area (Å²) in [5, 5.41) is 6.94. The van der Waals surface area contributed by atoms with Crippen LogP contribution in [0.4, 0.5) is 0 Å². The van der Waals surface area contributed by atoms with Crippen LogP contribution in [0, 0.1) is 11.8 Å². The maximum atomic E-state index is 4.74. The number of H-pyrrole nitrogens is 2. The summed E-state index contributed by atoms with van der Waals surface area (Å²) >= 11 is 0. The van der Waals surface area contributed by atoms with E-state index in [0.29, 0.717) is 6.04 Å². The smallest absolute Gasteiger partial charge is 0.127 e. The molecule has 6 rings (SSSR count). The standard InChI is InChI=1S/C27H26N6/c1-17-13-24(29-15-17)26-30-16-25(33-26)20-9-6-18(7-10-20)4-5-19-8-11-21-23(14-19)32-27(31-21)22-3-2-12-28-22/h6-11,13-14,16,22,24,28-29H,2-3,12,15H2,1H3,(H,30,33)(H,31,32)/t22-,24-/m0/s1. The molecule has 33 heavy (non-hydrogen) atoms. The van der Waals surface area contributed by atoms with E-state index >= 15 is 0 Å². The Bertz CT molecular complexity index is 1390. The highest BCUT2D eigenvalue weighted by Gasteiger charge is 2.19. The SMILES string of the molecule is CC1=C[C@@H](c2ncc(-c3ccc(C#Cc4ccc5nc([C@@H]6CCCN6)[nH]c5c4)cc3)[nH]2)NC1. The first-order valence-electron chi connectivity index (χ1n) is 11.5. The van der Waals surface area contributed by atoms with Gasteiger partial charge in [-0.2, -0.15) is 0 Å². The lowest BCUT2D eigenvalue weighted by Gasteiger charge is -2.04. The van der Waals surface area contributed by atoms with Crippen molar-refractivity contribution in [2.75, 3.05) is 13.1 Å². The molecular weight excluding hydrogens is 408 g/mol. The molecule has 6 heteroatoms. The van der Waals surface area contributed by atoms with Crippen molar-refractivity contribution in [3.8, 4) is 23.1 Å². The highest BCUT2D eigenvalue weighted by molar-refractivity contribution is 5.77. The Labute approximate surface area is 192 Å². The molecule has 0 radical (unpaired) electrons. The zero-order valence-corrected chi connectivity index (χ0v) is 18.6. The van der Waals surface area contributed by atoms with Crippen LogP contribution in [0.3, 0.4) is 0 Å². The zero-order chi connectivity index (χ0) is 22.2. The number of aromatic nitrogens is 4. The monoisotopic (exact) mass is 434 g/mol. The summed E-state index contributed by atoms with van der Waals surface area (Å²) in [6.07, 6.45) is 6.45. The average molecular weight is 435 g/mol. The van der Waals surface area contributed by atoms with Gasteiger partial charge in [-0.15, -0.1) is 0 Å². The molecule has 0 saturated carbocycles. The summed E-state index contributed by atoms with van der Waals surface area (Å²) in [5.74, 6) is 8.55. The fraction of sp³-hybridized carbons (Fsp3) is 0.259. The van der Waals surface area contributed by atoms with E-state index in [1.165, 1.54) is 12.0 Å². The van der Waals surface area contributed by atoms with Gasteiger partial charge in [0.2, 0.25) is 0 Å². The Morgan fingerprint density at radius 3 is 2.58 bits per heavy atom. The van der Waals surface area contributed by atoms with Crippen LogP contribution >= 0.6 is 0 Å². The Morgan fingerprint density at radius 1 is 0.939 bits per heavy atom. The predicted molar refractivity (Wildman–Crippen MR) is 131 cm³/mol. The molecule has 4 heterocycles. The van der Waals surface area contributed by atoms with E-state index in [0.717, 1.165) is 64.6 Å². The molecule has 2 aliphatic rings. The Balaban J connectivity index is 1.18. The highest BCUT2D eigenvalue weighted by atomic mass is 15.0. The van der Waals surface area contributed by atoms with Gasteiger partial charge >= 0.3 is 0 Å². The van der Waals surface area contributed by atoms with E-state index in [1.807, 2.05) is 18.3 Å². The number of aromatic amines is 2. The molecule has 0 aliphatic carbocycles. The van der Waals surface area contributed by atoms with Crippen LogP contribution in [0.25, 0.3) is 22.3 Å². The first kappa shape index (κ1) is 20.0. The summed E-state index contributed by atoms with van der Waals surface area (Å²) in [6, 6.07) is 15.0. The van der Waals surface area contributed by atoms with Crippen molar-refractivity contribution in [1.29, 1.82) is 0 Å². The maximum absolute atomic E-state index is 4.74. The van der Waals surface area contributed by atoms with Crippen molar-refractivity contribution in [2.24, 2.45) is 0 Å². The summed E-state index contributed by atoms with van der Waals surface area (Å²) < 4.78 is 0. The minimum atomic E-state index is 0.168. The van der Waals surface area contributed by atoms with Crippen molar-refractivity contribution in [2.45, 2.75) is 31.8 Å². The molecule has 4 N–H and O–H groups in total. The molecule has 0 amide bonds. The van der Waals surface area contributed by atoms with Crippen LogP contribution in [0.2, 0.25) is 0 Å². The van der Waals surface area contributed by atoms with Crippen LogP contribution in [-0.2, 0) is 0 Å². The number of hydrogen-bond acceptors (Lipinski definition) is 4. The number of nitrogens with zero attached hydrogens (tertiary/aromatic N) is 2. The Morgan fingerprint density at radius 2 is 1.79 bits per heavy atom. The van der Waals surface area contributed by atoms with Gasteiger partial charge in [-0.3, -0.25) is 0 Å². The lowest BCUT2D eigenvalue weighted by molar-refractivity contribution is 0.614. The second-order valence-electron chi connectivity index (χ2n) is 8.88. The fourth-order valence-corrected chi connectivity index (χ4v) is 4.56. The van der Waals surface area contributed by atoms with Crippen LogP contribution < -0.4 is 10.6 Å². The molecule has 1 saturated heterocycles. The molecule has 0 spiro atoms. The lowest BCUT2D eigenvalue weighted by Crippen LogP contribution is -2.15. The van der Waals surface area contributed by atoms with Gasteiger partial charge < -0.3 is 20.6 Å². The van der Waals surface area contributed by atoms with Gasteiger partial charge in [0, 0.05) is 17.7 Å². The number of imidazole rings is 2. The topological polar surface area (TPSA) is 81.4 Å². The quantitative estimate of drug-likeness (QED) is 0.285. The van der Waals surface area contributed by atoms with Gasteiger partial charge in [0.15, 0.2) is 0 Å². The first-order chi connectivity index (χ1) is 16.2. The van der Waals surface area contributed by atoms with Gasteiger partial charge in [-0.1, -0.05) is 35.6 Å². The third-order valence-corrected chi connectivity index (χ3v) is 6.38. The van der Waals surface area contributed by atoms with Crippen molar-refractivity contribution in [3.63, 3.8) is 0 Å². The number of nitrogens with one attached hydrogen (secondary N) is 4. The molecule has 1 fully saturated rings. The second-order valence-corrected chi connectivity index (χ2v) is 8.88. The summed E-state index contributed by atoms with van der Waals surface area (Å²) in [4.78, 5) is 16.2. The summed E-state index contributed by atoms with van der Waals surface area (Å²) in [7, 11) is 0. The molecule has 2 aliphatic heterocycles. The van der Waals surface area contributed by atoms with E-state index in [4.69, 9.17) is 4.98 Å². The third-order valence-electron chi connectivity index (χ3n) is 6.38. The molecule has 0 unspecified atom stereocenters. The second kappa shape index (κ2) is 8.36. The van der Waals surface area contributed by atoms with Crippen LogP contribution in [0.5, 0.6) is 0 Å². The molecule has 164 valence electrons. The van der Waals surface area contributed by atoms with Crippen molar-refractivity contribution < 1.29 is 0 Å². The van der Waals surface area contributed by atoms with E-state index in [9.17, 15) is 0 Å². The van der Waals surface area contributed by atoms with Crippen molar-refractivity contribution in [3.05, 3.63) is 83.1 Å². The first-order valence-corrected chi connectivity index (χ1v) is 11.5. The minimum Gasteiger partial charge on any atom is -0.341 e. The van der Waals surface area contributed by atoms with Gasteiger partial charge in [-0.25, -0.2) is 9.97 Å². The Hall–Kier alpha value is -3.66. The van der Waals surface area contributed by atoms with Gasteiger partial charge in [0.05, 0.1) is 35.0 Å². The van der Waals surface area contributed by atoms with Crippen molar-refractivity contribution in [1.82, 2.24) is 30.6 Å². The van der Waals surface area contributed by atoms with Crippen molar-refractivity contribution >= 4 is 11.0 Å². The maximum Gasteiger partial charge on any atom is 0.127 e. The summed E-state index contributed by atoms with van der Waals surface area (Å²) in [5.41, 5.74) is 7.45. The van der Waals surface area contributed by atoms with Gasteiger partial charge in [0.1, 0.15) is 11.6 Å². The number of fused-ring (bicyclic) bond motifs is 1. The summed E-state index contributed by atoms with van der Waals surface area (Å²) in [6.45, 7) is 4.11. The third kappa shape index (κ3) is 4.09. The highest BCUT2D eigenvalue weighted by Crippen LogP contribution is 2.24. The molecule has 4 aromatic rings. The van der Waals surface area contributed by atoms with E-state index in [2.05, 4.69) is 80.8 Å². The van der Waals surface area contributed by atoms with E-state index in [-0.39, 0.29) is 6.04 Å². The molecular formula is C27H26N6. The van der Waals surface area contributed by atoms with Crippen LogP contribution in [0.1, 0.15) is 54.6 Å². The number of benzene rings is 2. The molecule has 2 aromatic carbocycles. The van der Waals surface area contributed by atoms with Gasteiger partial charge in [-0.05, 0) is 62.2 Å². The number of rotatable bonds is 3. The van der Waals surface area contributed by atoms with Crippen LogP contribution in [0.15, 0.2) is 60.3 Å². The van der Waals surface area contributed by atoms with E-state index in [1.54, 1.807) is 0 Å². The Kier molecular flexibility index (Phi) is 5.06. The van der Waals surface area contributed by atoms with Gasteiger partial charge in [0.25, 0.3) is 0 Å². The lowest BCUT2D eigenvalue weighted by atomic mass is 10.1. The molecule has 2 atom stereocenters.